The van der Waals surface area contributed by atoms with E-state index in [2.05, 4.69) is 5.32 Å². The highest BCUT2D eigenvalue weighted by molar-refractivity contribution is 6.20. The summed E-state index contributed by atoms with van der Waals surface area (Å²) in [7, 11) is 1.43. The van der Waals surface area contributed by atoms with Gasteiger partial charge in [-0.1, -0.05) is 17.2 Å². The van der Waals surface area contributed by atoms with E-state index in [1.807, 2.05) is 0 Å². The molecule has 0 saturated carbocycles. The zero-order valence-electron chi connectivity index (χ0n) is 11.0. The molecular weight excluding hydrogens is 278 g/mol. The maximum absolute atomic E-state index is 12.0. The molecule has 1 aromatic carbocycles. The van der Waals surface area contributed by atoms with Gasteiger partial charge in [-0.3, -0.25) is 9.59 Å². The molecule has 2 aliphatic rings. The summed E-state index contributed by atoms with van der Waals surface area (Å²) in [5.74, 6) is -2.22. The molecule has 8 heteroatoms. The molecule has 1 fully saturated rings. The number of hydrogen-bond donors (Lipinski definition) is 1. The molecule has 8 nitrogen and oxygen atoms in total. The molecule has 1 aromatic rings. The molecule has 0 spiro atoms. The fraction of sp³-hybridized carbons (Fsp3) is 0.231. The van der Waals surface area contributed by atoms with Crippen molar-refractivity contribution in [3.05, 3.63) is 35.4 Å². The van der Waals surface area contributed by atoms with Crippen LogP contribution in [-0.4, -0.2) is 53.4 Å². The van der Waals surface area contributed by atoms with E-state index >= 15 is 0 Å². The smallest absolute Gasteiger partial charge is 0.335 e. The molecule has 0 radical (unpaired) electrons. The first-order valence-corrected chi connectivity index (χ1v) is 6.21. The Morgan fingerprint density at radius 2 is 1.76 bits per heavy atom. The van der Waals surface area contributed by atoms with Crippen molar-refractivity contribution in [1.82, 2.24) is 15.3 Å². The predicted molar refractivity (Wildman–Crippen MR) is 68.0 cm³/mol. The number of urea groups is 1. The number of rotatable bonds is 2. The van der Waals surface area contributed by atoms with Gasteiger partial charge in [-0.2, -0.15) is 0 Å². The minimum Gasteiger partial charge on any atom is -0.335 e. The molecule has 1 unspecified atom stereocenters. The van der Waals surface area contributed by atoms with E-state index < -0.39 is 29.9 Å². The van der Waals surface area contributed by atoms with Crippen LogP contribution in [0.3, 0.4) is 0 Å². The van der Waals surface area contributed by atoms with Crippen LogP contribution in [0.15, 0.2) is 24.3 Å². The van der Waals surface area contributed by atoms with E-state index in [1.54, 1.807) is 12.1 Å². The number of fused-ring (bicyclic) bond motifs is 1. The van der Waals surface area contributed by atoms with E-state index in [1.165, 1.54) is 19.2 Å². The molecular formula is C13H11N3O5. The average Bonchev–Trinajstić information content (AvgIpc) is 2.93. The fourth-order valence-corrected chi connectivity index (χ4v) is 2.23. The minimum atomic E-state index is -0.873. The molecule has 1 saturated heterocycles. The third-order valence-electron chi connectivity index (χ3n) is 3.44. The van der Waals surface area contributed by atoms with E-state index in [-0.39, 0.29) is 17.7 Å². The van der Waals surface area contributed by atoms with Crippen molar-refractivity contribution in [1.29, 1.82) is 0 Å². The van der Waals surface area contributed by atoms with Gasteiger partial charge < -0.3 is 15.1 Å². The average molecular weight is 289 g/mol. The van der Waals surface area contributed by atoms with Crippen LogP contribution in [0.4, 0.5) is 4.79 Å². The quantitative estimate of drug-likeness (QED) is 0.758. The molecule has 108 valence electrons. The van der Waals surface area contributed by atoms with Crippen molar-refractivity contribution in [3.8, 4) is 0 Å². The van der Waals surface area contributed by atoms with Gasteiger partial charge >= 0.3 is 12.0 Å². The van der Waals surface area contributed by atoms with Gasteiger partial charge in [-0.15, -0.1) is 0 Å². The van der Waals surface area contributed by atoms with Crippen LogP contribution in [0.1, 0.15) is 20.7 Å². The minimum absolute atomic E-state index is 0.0668. The normalized spacial score (nSPS) is 20.6. The summed E-state index contributed by atoms with van der Waals surface area (Å²) in [4.78, 5) is 53.4. The summed E-state index contributed by atoms with van der Waals surface area (Å²) in [6.45, 7) is 0.0668. The number of amides is 4. The maximum atomic E-state index is 12.0. The topological polar surface area (TPSA) is 96.0 Å². The first kappa shape index (κ1) is 13.1. The molecule has 3 rings (SSSR count). The first-order chi connectivity index (χ1) is 10.0. The lowest BCUT2D eigenvalue weighted by Crippen LogP contribution is -2.42. The second kappa shape index (κ2) is 4.58. The molecule has 2 heterocycles. The van der Waals surface area contributed by atoms with Crippen LogP contribution in [0.2, 0.25) is 0 Å². The van der Waals surface area contributed by atoms with Gasteiger partial charge in [0.05, 0.1) is 17.7 Å². The summed E-state index contributed by atoms with van der Waals surface area (Å²) >= 11 is 0. The van der Waals surface area contributed by atoms with Gasteiger partial charge in [0.25, 0.3) is 11.8 Å². The molecule has 4 amide bonds. The number of imide groups is 1. The second-order valence-electron chi connectivity index (χ2n) is 4.67. The molecule has 21 heavy (non-hydrogen) atoms. The summed E-state index contributed by atoms with van der Waals surface area (Å²) in [6, 6.07) is 4.90. The van der Waals surface area contributed by atoms with Crippen LogP contribution in [-0.2, 0) is 9.63 Å². The molecule has 0 bridgehead atoms. The van der Waals surface area contributed by atoms with Gasteiger partial charge in [0.1, 0.15) is 0 Å². The van der Waals surface area contributed by atoms with Gasteiger partial charge in [-0.25, -0.2) is 9.59 Å². The van der Waals surface area contributed by atoms with Gasteiger partial charge in [-0.05, 0) is 12.1 Å². The van der Waals surface area contributed by atoms with E-state index in [0.717, 1.165) is 4.90 Å². The molecule has 2 aliphatic heterocycles. The lowest BCUT2D eigenvalue weighted by molar-refractivity contribution is -0.172. The number of carbonyl (C=O) groups is 4. The standard InChI is InChI=1S/C13H11N3O5/c1-15-9(6-14-13(15)20)12(19)21-16-10(17)7-4-2-3-5-8(7)11(16)18/h2-5,9H,6H2,1H3,(H,14,20). The van der Waals surface area contributed by atoms with Crippen LogP contribution in [0.5, 0.6) is 0 Å². The Morgan fingerprint density at radius 3 is 2.24 bits per heavy atom. The van der Waals surface area contributed by atoms with Crippen LogP contribution >= 0.6 is 0 Å². The summed E-state index contributed by atoms with van der Waals surface area (Å²) in [5.41, 5.74) is 0.369. The van der Waals surface area contributed by atoms with Crippen LogP contribution in [0.25, 0.3) is 0 Å². The van der Waals surface area contributed by atoms with E-state index in [0.29, 0.717) is 5.06 Å². The monoisotopic (exact) mass is 289 g/mol. The lowest BCUT2D eigenvalue weighted by Gasteiger charge is -2.19. The number of hydrogen-bond acceptors (Lipinski definition) is 5. The van der Waals surface area contributed by atoms with Gasteiger partial charge in [0.15, 0.2) is 6.04 Å². The molecule has 0 aromatic heterocycles. The number of benzene rings is 1. The Hall–Kier alpha value is -2.90. The number of nitrogens with one attached hydrogen (secondary N) is 1. The summed E-state index contributed by atoms with van der Waals surface area (Å²) in [6.07, 6.45) is 0. The number of nitrogens with zero attached hydrogens (tertiary/aromatic N) is 2. The van der Waals surface area contributed by atoms with E-state index in [9.17, 15) is 19.2 Å². The molecule has 1 N–H and O–H groups in total. The first-order valence-electron chi connectivity index (χ1n) is 6.21. The Kier molecular flexibility index (Phi) is 2.86. The fourth-order valence-electron chi connectivity index (χ4n) is 2.23. The summed E-state index contributed by atoms with van der Waals surface area (Å²) in [5, 5.41) is 2.90. The Bertz CT molecular complexity index is 637. The van der Waals surface area contributed by atoms with Gasteiger partial charge in [0, 0.05) is 7.05 Å². The number of carbonyl (C=O) groups excluding carboxylic acids is 4. The van der Waals surface area contributed by atoms with Crippen molar-refractivity contribution in [2.24, 2.45) is 0 Å². The highest BCUT2D eigenvalue weighted by Crippen LogP contribution is 2.23. The Labute approximate surface area is 119 Å². The maximum Gasteiger partial charge on any atom is 0.357 e. The largest absolute Gasteiger partial charge is 0.357 e. The molecule has 1 atom stereocenters. The SMILES string of the molecule is CN1C(=O)NCC1C(=O)ON1C(=O)c2ccccc2C1=O. The third kappa shape index (κ3) is 1.92. The van der Waals surface area contributed by atoms with Crippen LogP contribution in [0, 0.1) is 0 Å². The highest BCUT2D eigenvalue weighted by Gasteiger charge is 2.42. The number of hydroxylamine groups is 2. The van der Waals surface area contributed by atoms with Crippen LogP contribution < -0.4 is 5.32 Å². The third-order valence-corrected chi connectivity index (χ3v) is 3.44. The van der Waals surface area contributed by atoms with Crippen molar-refractivity contribution < 1.29 is 24.0 Å². The predicted octanol–water partition coefficient (Wildman–Crippen LogP) is -0.236. The van der Waals surface area contributed by atoms with Crippen molar-refractivity contribution in [3.63, 3.8) is 0 Å². The van der Waals surface area contributed by atoms with Crippen molar-refractivity contribution >= 4 is 23.8 Å². The van der Waals surface area contributed by atoms with E-state index in [4.69, 9.17) is 4.84 Å². The summed E-state index contributed by atoms with van der Waals surface area (Å²) < 4.78 is 0. The molecule has 0 aliphatic carbocycles. The number of likely N-dealkylation sites (N-methyl/N-ethyl adjacent to an activating group) is 1. The zero-order valence-corrected chi connectivity index (χ0v) is 11.0. The highest BCUT2D eigenvalue weighted by atomic mass is 16.7. The van der Waals surface area contributed by atoms with Crippen molar-refractivity contribution in [2.45, 2.75) is 6.04 Å². The second-order valence-corrected chi connectivity index (χ2v) is 4.67. The Morgan fingerprint density at radius 1 is 1.19 bits per heavy atom. The zero-order chi connectivity index (χ0) is 15.1. The van der Waals surface area contributed by atoms with Crippen molar-refractivity contribution in [2.75, 3.05) is 13.6 Å². The lowest BCUT2D eigenvalue weighted by atomic mass is 10.1. The van der Waals surface area contributed by atoms with Gasteiger partial charge in [0.2, 0.25) is 0 Å². The Balaban J connectivity index is 1.78.